The summed E-state index contributed by atoms with van der Waals surface area (Å²) < 4.78 is 10.4. The van der Waals surface area contributed by atoms with Crippen LogP contribution in [0.25, 0.3) is 6.08 Å². The maximum absolute atomic E-state index is 12.0. The lowest BCUT2D eigenvalue weighted by molar-refractivity contribution is -0.111. The predicted molar refractivity (Wildman–Crippen MR) is 86.0 cm³/mol. The van der Waals surface area contributed by atoms with E-state index in [-0.39, 0.29) is 5.78 Å². The largest absolute Gasteiger partial charge is 0.497 e. The Morgan fingerprint density at radius 1 is 1.14 bits per heavy atom. The summed E-state index contributed by atoms with van der Waals surface area (Å²) in [5.74, 6) is 1.23. The van der Waals surface area contributed by atoms with Gasteiger partial charge in [0, 0.05) is 17.8 Å². The second-order valence-corrected chi connectivity index (χ2v) is 4.09. The van der Waals surface area contributed by atoms with E-state index < -0.39 is 0 Å². The van der Waals surface area contributed by atoms with Crippen LogP contribution in [0.15, 0.2) is 53.2 Å². The zero-order valence-electron chi connectivity index (χ0n) is 12.5. The van der Waals surface area contributed by atoms with Gasteiger partial charge < -0.3 is 9.47 Å². The lowest BCUT2D eigenvalue weighted by Gasteiger charge is -2.05. The third-order valence-corrected chi connectivity index (χ3v) is 2.76. The number of ketones is 1. The van der Waals surface area contributed by atoms with Crippen LogP contribution < -0.4 is 9.47 Å². The van der Waals surface area contributed by atoms with Crippen LogP contribution in [0.1, 0.15) is 12.5 Å². The monoisotopic (exact) mass is 285 g/mol. The molecule has 0 aliphatic rings. The first-order valence-corrected chi connectivity index (χ1v) is 6.38. The van der Waals surface area contributed by atoms with Gasteiger partial charge in [0.05, 0.1) is 14.2 Å². The van der Waals surface area contributed by atoms with E-state index in [1.807, 2.05) is 12.1 Å². The van der Waals surface area contributed by atoms with E-state index >= 15 is 0 Å². The van der Waals surface area contributed by atoms with Crippen LogP contribution in [0.3, 0.4) is 0 Å². The summed E-state index contributed by atoms with van der Waals surface area (Å²) in [7, 11) is 3.16. The maximum Gasteiger partial charge on any atom is 0.185 e. The zero-order valence-corrected chi connectivity index (χ0v) is 12.5. The standard InChI is InChI=1S/C17H19NO3/c1-5-14(8-9-18-2)17(19)7-6-13-10-15(20-3)12-16(11-13)21-4/h5-12H,2H2,1,3-4H3. The molecule has 0 aliphatic carbocycles. The van der Waals surface area contributed by atoms with Crippen molar-refractivity contribution in [1.82, 2.24) is 0 Å². The number of rotatable bonds is 7. The highest BCUT2D eigenvalue weighted by atomic mass is 16.5. The number of allylic oxidation sites excluding steroid dienone is 4. The van der Waals surface area contributed by atoms with Crippen LogP contribution in [0.2, 0.25) is 0 Å². The number of nitrogens with zero attached hydrogens (tertiary/aromatic N) is 1. The SMILES string of the molecule is C=NC=CC(=CC)C(=O)C=Cc1cc(OC)cc(OC)c1. The molecule has 4 heteroatoms. The average Bonchev–Trinajstić information content (AvgIpc) is 2.53. The second-order valence-electron chi connectivity index (χ2n) is 4.09. The van der Waals surface area contributed by atoms with Crippen molar-refractivity contribution in [2.75, 3.05) is 14.2 Å². The van der Waals surface area contributed by atoms with Crippen molar-refractivity contribution in [3.8, 4) is 11.5 Å². The molecule has 0 radical (unpaired) electrons. The number of benzene rings is 1. The molecule has 0 N–H and O–H groups in total. The Kier molecular flexibility index (Phi) is 6.68. The minimum atomic E-state index is -0.112. The predicted octanol–water partition coefficient (Wildman–Crippen LogP) is 3.45. The summed E-state index contributed by atoms with van der Waals surface area (Å²) in [5, 5.41) is 0. The molecule has 0 saturated carbocycles. The molecule has 0 heterocycles. The van der Waals surface area contributed by atoms with Crippen molar-refractivity contribution in [2.45, 2.75) is 6.92 Å². The third kappa shape index (κ3) is 5.10. The molecule has 1 aromatic rings. The Morgan fingerprint density at radius 3 is 2.24 bits per heavy atom. The highest BCUT2D eigenvalue weighted by Gasteiger charge is 2.03. The number of carbonyl (C=O) groups is 1. The molecule has 0 unspecified atom stereocenters. The maximum atomic E-state index is 12.0. The molecule has 4 nitrogen and oxygen atoms in total. The smallest absolute Gasteiger partial charge is 0.185 e. The van der Waals surface area contributed by atoms with Gasteiger partial charge in [-0.3, -0.25) is 9.79 Å². The highest BCUT2D eigenvalue weighted by molar-refractivity contribution is 6.08. The summed E-state index contributed by atoms with van der Waals surface area (Å²) in [5.41, 5.74) is 1.37. The number of ether oxygens (including phenoxy) is 2. The molecule has 1 aromatic carbocycles. The molecule has 21 heavy (non-hydrogen) atoms. The summed E-state index contributed by atoms with van der Waals surface area (Å²) in [4.78, 5) is 15.6. The fourth-order valence-corrected chi connectivity index (χ4v) is 1.65. The molecule has 0 saturated heterocycles. The number of hydrogen-bond donors (Lipinski definition) is 0. The lowest BCUT2D eigenvalue weighted by atomic mass is 10.1. The van der Waals surface area contributed by atoms with Gasteiger partial charge >= 0.3 is 0 Å². The van der Waals surface area contributed by atoms with Crippen LogP contribution in [0.5, 0.6) is 11.5 Å². The molecule has 0 atom stereocenters. The molecular weight excluding hydrogens is 266 g/mol. The Balaban J connectivity index is 2.96. The van der Waals surface area contributed by atoms with E-state index in [1.54, 1.807) is 45.4 Å². The summed E-state index contributed by atoms with van der Waals surface area (Å²) in [6.07, 6.45) is 8.03. The van der Waals surface area contributed by atoms with E-state index in [0.29, 0.717) is 17.1 Å². The summed E-state index contributed by atoms with van der Waals surface area (Å²) in [6.45, 7) is 5.13. The van der Waals surface area contributed by atoms with Gasteiger partial charge in [0.1, 0.15) is 11.5 Å². The molecule has 0 fully saturated rings. The molecule has 0 aliphatic heterocycles. The fourth-order valence-electron chi connectivity index (χ4n) is 1.65. The van der Waals surface area contributed by atoms with Crippen LogP contribution in [0, 0.1) is 0 Å². The fraction of sp³-hybridized carbons (Fsp3) is 0.176. The van der Waals surface area contributed by atoms with Crippen molar-refractivity contribution < 1.29 is 14.3 Å². The van der Waals surface area contributed by atoms with Gasteiger partial charge in [-0.2, -0.15) is 0 Å². The first kappa shape index (κ1) is 16.4. The molecule has 0 bridgehead atoms. The molecule has 0 spiro atoms. The third-order valence-electron chi connectivity index (χ3n) is 2.76. The van der Waals surface area contributed by atoms with Gasteiger partial charge in [-0.25, -0.2) is 0 Å². The van der Waals surface area contributed by atoms with E-state index in [9.17, 15) is 4.79 Å². The average molecular weight is 285 g/mol. The summed E-state index contributed by atoms with van der Waals surface area (Å²) >= 11 is 0. The van der Waals surface area contributed by atoms with Crippen molar-refractivity contribution in [3.63, 3.8) is 0 Å². The Labute approximate surface area is 125 Å². The van der Waals surface area contributed by atoms with Crippen LogP contribution in [-0.2, 0) is 4.79 Å². The van der Waals surface area contributed by atoms with Gasteiger partial charge in [-0.05, 0) is 43.5 Å². The number of hydrogen-bond acceptors (Lipinski definition) is 4. The van der Waals surface area contributed by atoms with E-state index in [1.165, 1.54) is 12.3 Å². The topological polar surface area (TPSA) is 47.9 Å². The number of carbonyl (C=O) groups excluding carboxylic acids is 1. The van der Waals surface area contributed by atoms with Gasteiger partial charge in [0.2, 0.25) is 0 Å². The first-order valence-electron chi connectivity index (χ1n) is 6.38. The van der Waals surface area contributed by atoms with Crippen molar-refractivity contribution >= 4 is 18.6 Å². The zero-order chi connectivity index (χ0) is 15.7. The molecule has 1 rings (SSSR count). The first-order chi connectivity index (χ1) is 10.1. The van der Waals surface area contributed by atoms with E-state index in [0.717, 1.165) is 5.56 Å². The van der Waals surface area contributed by atoms with Gasteiger partial charge in [0.15, 0.2) is 5.78 Å². The minimum absolute atomic E-state index is 0.112. The lowest BCUT2D eigenvalue weighted by Crippen LogP contribution is -1.95. The van der Waals surface area contributed by atoms with Crippen molar-refractivity contribution in [3.05, 3.63) is 53.8 Å². The minimum Gasteiger partial charge on any atom is -0.497 e. The van der Waals surface area contributed by atoms with Crippen LogP contribution in [0.4, 0.5) is 0 Å². The Bertz CT molecular complexity index is 576. The number of methoxy groups -OCH3 is 2. The Morgan fingerprint density at radius 2 is 1.76 bits per heavy atom. The van der Waals surface area contributed by atoms with Crippen molar-refractivity contribution in [2.24, 2.45) is 4.99 Å². The quantitative estimate of drug-likeness (QED) is 0.438. The van der Waals surface area contributed by atoms with E-state index in [2.05, 4.69) is 11.7 Å². The summed E-state index contributed by atoms with van der Waals surface area (Å²) in [6, 6.07) is 5.42. The van der Waals surface area contributed by atoms with Gasteiger partial charge in [-0.1, -0.05) is 12.2 Å². The van der Waals surface area contributed by atoms with E-state index in [4.69, 9.17) is 9.47 Å². The highest BCUT2D eigenvalue weighted by Crippen LogP contribution is 2.23. The van der Waals surface area contributed by atoms with Crippen molar-refractivity contribution in [1.29, 1.82) is 0 Å². The number of aliphatic imine (C=N–C) groups is 1. The van der Waals surface area contributed by atoms with Gasteiger partial charge in [0.25, 0.3) is 0 Å². The molecule has 0 aromatic heterocycles. The van der Waals surface area contributed by atoms with Crippen LogP contribution in [-0.4, -0.2) is 26.7 Å². The van der Waals surface area contributed by atoms with Crippen LogP contribution >= 0.6 is 0 Å². The molecule has 110 valence electrons. The van der Waals surface area contributed by atoms with Gasteiger partial charge in [-0.15, -0.1) is 0 Å². The Hall–Kier alpha value is -2.62. The molecule has 0 amide bonds. The second kappa shape index (κ2) is 8.53. The normalized spacial score (nSPS) is 11.9. The molecular formula is C17H19NO3.